The number of hydrogen-bond acceptors (Lipinski definition) is 6. The first-order chi connectivity index (χ1) is 13.3. The standard InChI is InChI=1S/C19H28N2O6S/c1-4-28(24,25)21-11-9-20(10-12-21)19(23)6-5-13-27-17-8-7-16(15(2)22)14-18(17)26-3/h7-8,14H,4-6,9-13H2,1-3H3. The van der Waals surface area contributed by atoms with Gasteiger partial charge in [0.2, 0.25) is 15.9 Å². The monoisotopic (exact) mass is 412 g/mol. The topological polar surface area (TPSA) is 93.2 Å². The van der Waals surface area contributed by atoms with E-state index in [1.165, 1.54) is 18.3 Å². The van der Waals surface area contributed by atoms with Gasteiger partial charge >= 0.3 is 0 Å². The number of benzene rings is 1. The van der Waals surface area contributed by atoms with Gasteiger partial charge in [-0.05, 0) is 38.5 Å². The molecule has 156 valence electrons. The molecule has 1 fully saturated rings. The average molecular weight is 413 g/mol. The molecule has 1 aliphatic rings. The van der Waals surface area contributed by atoms with Crippen LogP contribution in [0.5, 0.6) is 11.5 Å². The number of ketones is 1. The first kappa shape index (κ1) is 22.2. The van der Waals surface area contributed by atoms with E-state index in [-0.39, 0.29) is 17.4 Å². The molecule has 0 aromatic heterocycles. The van der Waals surface area contributed by atoms with Gasteiger partial charge in [0.1, 0.15) is 0 Å². The summed E-state index contributed by atoms with van der Waals surface area (Å²) in [4.78, 5) is 25.4. The SMILES string of the molecule is CCS(=O)(=O)N1CCN(C(=O)CCCOc2ccc(C(C)=O)cc2OC)CC1. The molecule has 1 heterocycles. The van der Waals surface area contributed by atoms with Gasteiger partial charge < -0.3 is 14.4 Å². The molecule has 0 spiro atoms. The van der Waals surface area contributed by atoms with E-state index in [1.807, 2.05) is 0 Å². The van der Waals surface area contributed by atoms with Gasteiger partial charge in [0, 0.05) is 38.2 Å². The van der Waals surface area contributed by atoms with Crippen molar-refractivity contribution in [1.29, 1.82) is 0 Å². The van der Waals surface area contributed by atoms with E-state index in [9.17, 15) is 18.0 Å². The fourth-order valence-corrected chi connectivity index (χ4v) is 4.05. The molecule has 0 bridgehead atoms. The van der Waals surface area contributed by atoms with Crippen molar-refractivity contribution in [3.8, 4) is 11.5 Å². The number of piperazine rings is 1. The van der Waals surface area contributed by atoms with Crippen molar-refractivity contribution in [3.63, 3.8) is 0 Å². The van der Waals surface area contributed by atoms with Crippen molar-refractivity contribution < 1.29 is 27.5 Å². The average Bonchev–Trinajstić information content (AvgIpc) is 2.70. The van der Waals surface area contributed by atoms with Crippen molar-refractivity contribution in [2.75, 3.05) is 45.6 Å². The number of amides is 1. The van der Waals surface area contributed by atoms with E-state index in [0.717, 1.165) is 0 Å². The molecular formula is C19H28N2O6S. The molecular weight excluding hydrogens is 384 g/mol. The van der Waals surface area contributed by atoms with Crippen molar-refractivity contribution in [2.45, 2.75) is 26.7 Å². The van der Waals surface area contributed by atoms with Crippen LogP contribution in [0.2, 0.25) is 0 Å². The Morgan fingerprint density at radius 3 is 2.36 bits per heavy atom. The van der Waals surface area contributed by atoms with E-state index in [2.05, 4.69) is 0 Å². The summed E-state index contributed by atoms with van der Waals surface area (Å²) in [6, 6.07) is 4.99. The third-order valence-corrected chi connectivity index (χ3v) is 6.59. The Kier molecular flexibility index (Phi) is 7.82. The Hall–Kier alpha value is -2.13. The summed E-state index contributed by atoms with van der Waals surface area (Å²) < 4.78 is 36.1. The molecule has 0 radical (unpaired) electrons. The molecule has 1 aromatic rings. The highest BCUT2D eigenvalue weighted by atomic mass is 32.2. The van der Waals surface area contributed by atoms with Crippen LogP contribution in [0.3, 0.4) is 0 Å². The molecule has 0 N–H and O–H groups in total. The number of carbonyl (C=O) groups is 2. The lowest BCUT2D eigenvalue weighted by Crippen LogP contribution is -2.50. The predicted molar refractivity (Wildman–Crippen MR) is 105 cm³/mol. The van der Waals surface area contributed by atoms with E-state index < -0.39 is 10.0 Å². The summed E-state index contributed by atoms with van der Waals surface area (Å²) in [5.41, 5.74) is 0.545. The lowest BCUT2D eigenvalue weighted by molar-refractivity contribution is -0.132. The van der Waals surface area contributed by atoms with E-state index in [0.29, 0.717) is 62.7 Å². The Morgan fingerprint density at radius 2 is 1.79 bits per heavy atom. The van der Waals surface area contributed by atoms with Crippen molar-refractivity contribution in [1.82, 2.24) is 9.21 Å². The molecule has 2 rings (SSSR count). The maximum atomic E-state index is 12.3. The highest BCUT2D eigenvalue weighted by Gasteiger charge is 2.27. The summed E-state index contributed by atoms with van der Waals surface area (Å²) in [6.07, 6.45) is 0.859. The van der Waals surface area contributed by atoms with Crippen molar-refractivity contribution in [3.05, 3.63) is 23.8 Å². The van der Waals surface area contributed by atoms with E-state index in [4.69, 9.17) is 9.47 Å². The van der Waals surface area contributed by atoms with E-state index in [1.54, 1.807) is 30.0 Å². The number of nitrogens with zero attached hydrogens (tertiary/aromatic N) is 2. The fourth-order valence-electron chi connectivity index (χ4n) is 2.97. The lowest BCUT2D eigenvalue weighted by atomic mass is 10.1. The summed E-state index contributed by atoms with van der Waals surface area (Å²) in [7, 11) is -1.69. The minimum Gasteiger partial charge on any atom is -0.493 e. The van der Waals surface area contributed by atoms with Crippen LogP contribution in [0.1, 0.15) is 37.0 Å². The molecule has 0 unspecified atom stereocenters. The van der Waals surface area contributed by atoms with Gasteiger partial charge in [0.15, 0.2) is 17.3 Å². The number of Topliss-reactive ketones (excluding diaryl/α,β-unsaturated/α-hetero) is 1. The molecule has 1 aliphatic heterocycles. The Bertz CT molecular complexity index is 801. The number of ether oxygens (including phenoxy) is 2. The molecule has 1 saturated heterocycles. The van der Waals surface area contributed by atoms with Gasteiger partial charge in [-0.25, -0.2) is 8.42 Å². The second-order valence-corrected chi connectivity index (χ2v) is 8.81. The van der Waals surface area contributed by atoms with Gasteiger partial charge in [0.25, 0.3) is 0 Å². The molecule has 1 amide bonds. The van der Waals surface area contributed by atoms with Gasteiger partial charge in [-0.15, -0.1) is 0 Å². The molecule has 9 heteroatoms. The molecule has 28 heavy (non-hydrogen) atoms. The maximum absolute atomic E-state index is 12.3. The fraction of sp³-hybridized carbons (Fsp3) is 0.579. The number of methoxy groups -OCH3 is 1. The van der Waals surface area contributed by atoms with Crippen LogP contribution < -0.4 is 9.47 Å². The van der Waals surface area contributed by atoms with Gasteiger partial charge in [-0.1, -0.05) is 0 Å². The van der Waals surface area contributed by atoms with Gasteiger partial charge in [-0.2, -0.15) is 4.31 Å². The van der Waals surface area contributed by atoms with Crippen LogP contribution in [0.25, 0.3) is 0 Å². The van der Waals surface area contributed by atoms with Gasteiger partial charge in [-0.3, -0.25) is 9.59 Å². The number of carbonyl (C=O) groups excluding carboxylic acids is 2. The zero-order valence-corrected chi connectivity index (χ0v) is 17.5. The summed E-state index contributed by atoms with van der Waals surface area (Å²) in [5, 5.41) is 0. The third kappa shape index (κ3) is 5.68. The van der Waals surface area contributed by atoms with E-state index >= 15 is 0 Å². The minimum absolute atomic E-state index is 0.00367. The van der Waals surface area contributed by atoms with Crippen LogP contribution in [-0.2, 0) is 14.8 Å². The number of sulfonamides is 1. The van der Waals surface area contributed by atoms with Gasteiger partial charge in [0.05, 0.1) is 19.5 Å². The summed E-state index contributed by atoms with van der Waals surface area (Å²) >= 11 is 0. The smallest absolute Gasteiger partial charge is 0.222 e. The van der Waals surface area contributed by atoms with Crippen molar-refractivity contribution in [2.24, 2.45) is 0 Å². The maximum Gasteiger partial charge on any atom is 0.222 e. The summed E-state index contributed by atoms with van der Waals surface area (Å²) in [6.45, 7) is 4.97. The van der Waals surface area contributed by atoms with Crippen molar-refractivity contribution >= 4 is 21.7 Å². The van der Waals surface area contributed by atoms with Crippen LogP contribution >= 0.6 is 0 Å². The van der Waals surface area contributed by atoms with Crippen LogP contribution in [0, 0.1) is 0 Å². The Labute approximate surface area is 166 Å². The zero-order valence-electron chi connectivity index (χ0n) is 16.6. The number of hydrogen-bond donors (Lipinski definition) is 0. The number of rotatable bonds is 9. The first-order valence-electron chi connectivity index (χ1n) is 9.36. The predicted octanol–water partition coefficient (Wildman–Crippen LogP) is 1.55. The van der Waals surface area contributed by atoms with Crippen LogP contribution in [0.15, 0.2) is 18.2 Å². The highest BCUT2D eigenvalue weighted by Crippen LogP contribution is 2.28. The van der Waals surface area contributed by atoms with Crippen LogP contribution in [0.4, 0.5) is 0 Å². The first-order valence-corrected chi connectivity index (χ1v) is 11.0. The van der Waals surface area contributed by atoms with Crippen LogP contribution in [-0.4, -0.2) is 75.0 Å². The Morgan fingerprint density at radius 1 is 1.11 bits per heavy atom. The normalized spacial score (nSPS) is 15.3. The third-order valence-electron chi connectivity index (χ3n) is 4.71. The largest absolute Gasteiger partial charge is 0.493 e. The molecule has 8 nitrogen and oxygen atoms in total. The quantitative estimate of drug-likeness (QED) is 0.451. The second kappa shape index (κ2) is 9.88. The lowest BCUT2D eigenvalue weighted by Gasteiger charge is -2.33. The molecule has 0 saturated carbocycles. The Balaban J connectivity index is 1.77. The minimum atomic E-state index is -3.19. The molecule has 0 aliphatic carbocycles. The summed E-state index contributed by atoms with van der Waals surface area (Å²) in [5.74, 6) is 1.03. The molecule has 0 atom stereocenters. The second-order valence-electron chi connectivity index (χ2n) is 6.55. The highest BCUT2D eigenvalue weighted by molar-refractivity contribution is 7.89. The zero-order chi connectivity index (χ0) is 20.7. The molecule has 1 aromatic carbocycles.